The lowest BCUT2D eigenvalue weighted by Crippen LogP contribution is -2.28. The van der Waals surface area contributed by atoms with E-state index in [0.29, 0.717) is 18.0 Å². The maximum atomic E-state index is 12.0. The second-order valence-corrected chi connectivity index (χ2v) is 5.76. The molecule has 126 valence electrons. The van der Waals surface area contributed by atoms with Crippen molar-refractivity contribution in [3.05, 3.63) is 66.2 Å². The minimum Gasteiger partial charge on any atom is -0.484 e. The van der Waals surface area contributed by atoms with Crippen LogP contribution in [0.1, 0.15) is 5.56 Å². The summed E-state index contributed by atoms with van der Waals surface area (Å²) in [6.45, 7) is 0.629. The first-order chi connectivity index (χ1) is 12.3. The number of amides is 1. The quantitative estimate of drug-likeness (QED) is 0.777. The van der Waals surface area contributed by atoms with Gasteiger partial charge in [0.15, 0.2) is 18.1 Å². The number of fused-ring (bicyclic) bond motifs is 2. The summed E-state index contributed by atoms with van der Waals surface area (Å²) in [5.74, 6) is 1.94. The first-order valence-corrected chi connectivity index (χ1v) is 8.05. The molecule has 0 unspecified atom stereocenters. The van der Waals surface area contributed by atoms with Gasteiger partial charge in [-0.25, -0.2) is 0 Å². The molecule has 4 rings (SSSR count). The summed E-state index contributed by atoms with van der Waals surface area (Å²) in [5.41, 5.74) is 0.948. The van der Waals surface area contributed by atoms with E-state index in [-0.39, 0.29) is 19.3 Å². The Balaban J connectivity index is 1.31. The zero-order valence-corrected chi connectivity index (χ0v) is 13.5. The third kappa shape index (κ3) is 3.50. The van der Waals surface area contributed by atoms with Crippen molar-refractivity contribution in [1.82, 2.24) is 5.32 Å². The van der Waals surface area contributed by atoms with Crippen LogP contribution in [0.4, 0.5) is 0 Å². The average molecular weight is 335 g/mol. The Morgan fingerprint density at radius 3 is 2.72 bits per heavy atom. The highest BCUT2D eigenvalue weighted by molar-refractivity contribution is 5.84. The van der Waals surface area contributed by atoms with Crippen LogP contribution in [0.25, 0.3) is 10.8 Å². The second kappa shape index (κ2) is 6.73. The van der Waals surface area contributed by atoms with Gasteiger partial charge in [-0.3, -0.25) is 4.79 Å². The van der Waals surface area contributed by atoms with E-state index in [1.54, 1.807) is 0 Å². The van der Waals surface area contributed by atoms with E-state index >= 15 is 0 Å². The van der Waals surface area contributed by atoms with Crippen LogP contribution in [-0.2, 0) is 11.3 Å². The SMILES string of the molecule is O=C(COc1ccc2ccccc2c1)NCc1ccc2c(c1)OCO2. The van der Waals surface area contributed by atoms with Gasteiger partial charge in [0.25, 0.3) is 5.91 Å². The molecule has 0 radical (unpaired) electrons. The van der Waals surface area contributed by atoms with E-state index in [4.69, 9.17) is 14.2 Å². The molecule has 0 fully saturated rings. The lowest BCUT2D eigenvalue weighted by molar-refractivity contribution is -0.123. The highest BCUT2D eigenvalue weighted by atomic mass is 16.7. The molecule has 5 nitrogen and oxygen atoms in total. The van der Waals surface area contributed by atoms with Gasteiger partial charge >= 0.3 is 0 Å². The molecule has 1 amide bonds. The predicted octanol–water partition coefficient (Wildman–Crippen LogP) is 3.26. The molecule has 0 bridgehead atoms. The van der Waals surface area contributed by atoms with Crippen LogP contribution in [0.3, 0.4) is 0 Å². The lowest BCUT2D eigenvalue weighted by atomic mass is 10.1. The third-order valence-electron chi connectivity index (χ3n) is 4.02. The lowest BCUT2D eigenvalue weighted by Gasteiger charge is -2.09. The van der Waals surface area contributed by atoms with Crippen LogP contribution in [-0.4, -0.2) is 19.3 Å². The Labute approximate surface area is 145 Å². The van der Waals surface area contributed by atoms with Crippen molar-refractivity contribution < 1.29 is 19.0 Å². The van der Waals surface area contributed by atoms with Gasteiger partial charge in [0.1, 0.15) is 5.75 Å². The molecule has 0 atom stereocenters. The van der Waals surface area contributed by atoms with Crippen molar-refractivity contribution in [2.75, 3.05) is 13.4 Å². The second-order valence-electron chi connectivity index (χ2n) is 5.76. The number of hydrogen-bond donors (Lipinski definition) is 1. The van der Waals surface area contributed by atoms with E-state index in [2.05, 4.69) is 5.32 Å². The van der Waals surface area contributed by atoms with E-state index in [0.717, 1.165) is 22.1 Å². The largest absolute Gasteiger partial charge is 0.484 e. The molecule has 3 aromatic rings. The predicted molar refractivity (Wildman–Crippen MR) is 93.9 cm³/mol. The minimum atomic E-state index is -0.175. The summed E-state index contributed by atoms with van der Waals surface area (Å²) in [6, 6.07) is 19.4. The third-order valence-corrected chi connectivity index (χ3v) is 4.02. The Morgan fingerprint density at radius 1 is 0.960 bits per heavy atom. The Hall–Kier alpha value is -3.21. The Morgan fingerprint density at radius 2 is 1.80 bits per heavy atom. The highest BCUT2D eigenvalue weighted by Gasteiger charge is 2.13. The number of benzene rings is 3. The van der Waals surface area contributed by atoms with Crippen molar-refractivity contribution in [2.45, 2.75) is 6.54 Å². The van der Waals surface area contributed by atoms with Crippen molar-refractivity contribution in [1.29, 1.82) is 0 Å². The number of nitrogens with one attached hydrogen (secondary N) is 1. The van der Waals surface area contributed by atoms with E-state index in [1.807, 2.05) is 60.7 Å². The van der Waals surface area contributed by atoms with E-state index in [1.165, 1.54) is 0 Å². The molecule has 0 spiro atoms. The average Bonchev–Trinajstić information content (AvgIpc) is 3.12. The molecule has 1 N–H and O–H groups in total. The topological polar surface area (TPSA) is 56.8 Å². The molecule has 5 heteroatoms. The highest BCUT2D eigenvalue weighted by Crippen LogP contribution is 2.32. The summed E-state index contributed by atoms with van der Waals surface area (Å²) >= 11 is 0. The van der Waals surface area contributed by atoms with Gasteiger partial charge in [-0.2, -0.15) is 0 Å². The molecular formula is C20H17NO4. The minimum absolute atomic E-state index is 0.0249. The molecule has 3 aromatic carbocycles. The van der Waals surface area contributed by atoms with Gasteiger partial charge in [0, 0.05) is 6.54 Å². The molecule has 1 aliphatic rings. The number of carbonyl (C=O) groups excluding carboxylic acids is 1. The molecule has 0 saturated carbocycles. The van der Waals surface area contributed by atoms with Crippen molar-refractivity contribution in [2.24, 2.45) is 0 Å². The van der Waals surface area contributed by atoms with Gasteiger partial charge in [-0.15, -0.1) is 0 Å². The number of hydrogen-bond acceptors (Lipinski definition) is 4. The molecule has 0 aromatic heterocycles. The summed E-state index contributed by atoms with van der Waals surface area (Å²) in [4.78, 5) is 12.0. The number of rotatable bonds is 5. The fourth-order valence-corrected chi connectivity index (χ4v) is 2.71. The molecule has 0 saturated heterocycles. The van der Waals surface area contributed by atoms with Crippen LogP contribution in [0, 0.1) is 0 Å². The van der Waals surface area contributed by atoms with Crippen molar-refractivity contribution in [3.8, 4) is 17.2 Å². The summed E-state index contributed by atoms with van der Waals surface area (Å²) in [7, 11) is 0. The molecule has 0 aliphatic carbocycles. The first kappa shape index (κ1) is 15.3. The van der Waals surface area contributed by atoms with Gasteiger partial charge in [0.2, 0.25) is 6.79 Å². The summed E-state index contributed by atoms with van der Waals surface area (Å²) in [6.07, 6.45) is 0. The van der Waals surface area contributed by atoms with Gasteiger partial charge < -0.3 is 19.5 Å². The molecule has 25 heavy (non-hydrogen) atoms. The van der Waals surface area contributed by atoms with Crippen LogP contribution in [0.2, 0.25) is 0 Å². The van der Waals surface area contributed by atoms with Gasteiger partial charge in [0.05, 0.1) is 0 Å². The van der Waals surface area contributed by atoms with Crippen LogP contribution < -0.4 is 19.5 Å². The number of ether oxygens (including phenoxy) is 3. The van der Waals surface area contributed by atoms with E-state index < -0.39 is 0 Å². The monoisotopic (exact) mass is 335 g/mol. The van der Waals surface area contributed by atoms with Gasteiger partial charge in [-0.05, 0) is 40.6 Å². The Kier molecular flexibility index (Phi) is 4.12. The van der Waals surface area contributed by atoms with Crippen molar-refractivity contribution >= 4 is 16.7 Å². The maximum Gasteiger partial charge on any atom is 0.258 e. The molecule has 1 heterocycles. The van der Waals surface area contributed by atoms with Crippen LogP contribution in [0.5, 0.6) is 17.2 Å². The normalized spacial score (nSPS) is 12.2. The summed E-state index contributed by atoms with van der Waals surface area (Å²) in [5, 5.41) is 5.06. The fraction of sp³-hybridized carbons (Fsp3) is 0.150. The zero-order valence-electron chi connectivity index (χ0n) is 13.5. The van der Waals surface area contributed by atoms with E-state index in [9.17, 15) is 4.79 Å². The number of carbonyl (C=O) groups is 1. The summed E-state index contributed by atoms with van der Waals surface area (Å²) < 4.78 is 16.2. The maximum absolute atomic E-state index is 12.0. The zero-order chi connectivity index (χ0) is 17.1. The molecule has 1 aliphatic heterocycles. The van der Waals surface area contributed by atoms with Crippen LogP contribution in [0.15, 0.2) is 60.7 Å². The fourth-order valence-electron chi connectivity index (χ4n) is 2.71. The van der Waals surface area contributed by atoms with Crippen molar-refractivity contribution in [3.63, 3.8) is 0 Å². The standard InChI is InChI=1S/C20H17NO4/c22-20(21-11-14-5-8-18-19(9-14)25-13-24-18)12-23-17-7-6-15-3-1-2-4-16(15)10-17/h1-10H,11-13H2,(H,21,22). The smallest absolute Gasteiger partial charge is 0.258 e. The van der Waals surface area contributed by atoms with Gasteiger partial charge in [-0.1, -0.05) is 36.4 Å². The van der Waals surface area contributed by atoms with Crippen LogP contribution >= 0.6 is 0 Å². The first-order valence-electron chi connectivity index (χ1n) is 8.05. The molecular weight excluding hydrogens is 318 g/mol. The Bertz CT molecular complexity index is 922.